The van der Waals surface area contributed by atoms with Crippen LogP contribution in [0.2, 0.25) is 0 Å². The van der Waals surface area contributed by atoms with Gasteiger partial charge in [-0.3, -0.25) is 0 Å². The van der Waals surface area contributed by atoms with Crippen molar-refractivity contribution < 1.29 is 4.74 Å². The Hall–Kier alpha value is -2.14. The molecule has 0 aliphatic carbocycles. The predicted molar refractivity (Wildman–Crippen MR) is 88.1 cm³/mol. The Labute approximate surface area is 131 Å². The molecule has 1 aliphatic heterocycles. The van der Waals surface area contributed by atoms with Crippen LogP contribution in [-0.2, 0) is 11.2 Å². The first-order valence-electron chi connectivity index (χ1n) is 7.86. The van der Waals surface area contributed by atoms with Crippen molar-refractivity contribution in [2.75, 3.05) is 30.3 Å². The Morgan fingerprint density at radius 3 is 2.86 bits per heavy atom. The molecule has 0 amide bonds. The molecule has 0 radical (unpaired) electrons. The molecule has 3 rings (SSSR count). The zero-order chi connectivity index (χ0) is 15.0. The molecule has 1 aromatic heterocycles. The number of hydrogen-bond donors (Lipinski definition) is 2. The van der Waals surface area contributed by atoms with Gasteiger partial charge in [-0.1, -0.05) is 30.3 Å². The topological polar surface area (TPSA) is 59.1 Å². The number of hydrogen-bond acceptors (Lipinski definition) is 5. The molecular formula is C17H22N4O. The molecule has 5 nitrogen and oxygen atoms in total. The Balaban J connectivity index is 1.46. The molecule has 0 spiro atoms. The van der Waals surface area contributed by atoms with E-state index >= 15 is 0 Å². The molecule has 1 fully saturated rings. The number of aromatic nitrogens is 2. The largest absolute Gasteiger partial charge is 0.376 e. The normalized spacial score (nSPS) is 17.4. The maximum atomic E-state index is 5.60. The molecule has 1 saturated heterocycles. The van der Waals surface area contributed by atoms with E-state index in [4.69, 9.17) is 4.74 Å². The van der Waals surface area contributed by atoms with Gasteiger partial charge in [0.1, 0.15) is 5.82 Å². The fraction of sp³-hybridized carbons (Fsp3) is 0.412. The Bertz CT molecular complexity index is 570. The van der Waals surface area contributed by atoms with Gasteiger partial charge in [0.25, 0.3) is 0 Å². The van der Waals surface area contributed by atoms with Crippen LogP contribution in [0.3, 0.4) is 0 Å². The molecule has 0 bridgehead atoms. The van der Waals surface area contributed by atoms with Crippen LogP contribution in [0.15, 0.2) is 42.6 Å². The number of anilines is 2. The smallest absolute Gasteiger partial charge is 0.224 e. The average molecular weight is 298 g/mol. The molecule has 1 aliphatic rings. The SMILES string of the molecule is c1ccc(CCNc2nccc(NCC3CCCO3)n2)cc1. The maximum Gasteiger partial charge on any atom is 0.224 e. The monoisotopic (exact) mass is 298 g/mol. The van der Waals surface area contributed by atoms with E-state index in [0.29, 0.717) is 12.1 Å². The Kier molecular flexibility index (Phi) is 5.21. The van der Waals surface area contributed by atoms with Crippen molar-refractivity contribution in [1.82, 2.24) is 9.97 Å². The molecular weight excluding hydrogens is 276 g/mol. The summed E-state index contributed by atoms with van der Waals surface area (Å²) in [6, 6.07) is 12.3. The first-order chi connectivity index (χ1) is 10.9. The van der Waals surface area contributed by atoms with Crippen LogP contribution >= 0.6 is 0 Å². The fourth-order valence-corrected chi connectivity index (χ4v) is 2.53. The third-order valence-corrected chi connectivity index (χ3v) is 3.73. The summed E-state index contributed by atoms with van der Waals surface area (Å²) in [7, 11) is 0. The van der Waals surface area contributed by atoms with Crippen molar-refractivity contribution in [2.24, 2.45) is 0 Å². The minimum absolute atomic E-state index is 0.310. The van der Waals surface area contributed by atoms with E-state index in [1.165, 1.54) is 5.56 Å². The minimum atomic E-state index is 0.310. The van der Waals surface area contributed by atoms with Crippen LogP contribution in [0.5, 0.6) is 0 Å². The maximum absolute atomic E-state index is 5.60. The highest BCUT2D eigenvalue weighted by atomic mass is 16.5. The summed E-state index contributed by atoms with van der Waals surface area (Å²) in [4.78, 5) is 8.73. The number of nitrogens with zero attached hydrogens (tertiary/aromatic N) is 2. The summed E-state index contributed by atoms with van der Waals surface area (Å²) in [5.74, 6) is 1.50. The highest BCUT2D eigenvalue weighted by Gasteiger charge is 2.14. The molecule has 2 N–H and O–H groups in total. The van der Waals surface area contributed by atoms with Gasteiger partial charge < -0.3 is 15.4 Å². The molecule has 22 heavy (non-hydrogen) atoms. The second-order valence-corrected chi connectivity index (χ2v) is 5.44. The minimum Gasteiger partial charge on any atom is -0.376 e. The van der Waals surface area contributed by atoms with Gasteiger partial charge in [0, 0.05) is 25.9 Å². The summed E-state index contributed by atoms with van der Waals surface area (Å²) >= 11 is 0. The van der Waals surface area contributed by atoms with Crippen LogP contribution in [0.1, 0.15) is 18.4 Å². The lowest BCUT2D eigenvalue weighted by molar-refractivity contribution is 0.120. The number of rotatable bonds is 7. The lowest BCUT2D eigenvalue weighted by Gasteiger charge is -2.12. The molecule has 5 heteroatoms. The molecule has 116 valence electrons. The van der Waals surface area contributed by atoms with Gasteiger partial charge in [0.2, 0.25) is 5.95 Å². The van der Waals surface area contributed by atoms with Gasteiger partial charge in [0.15, 0.2) is 0 Å². The highest BCUT2D eigenvalue weighted by molar-refractivity contribution is 5.39. The molecule has 0 saturated carbocycles. The van der Waals surface area contributed by atoms with E-state index in [9.17, 15) is 0 Å². The quantitative estimate of drug-likeness (QED) is 0.823. The van der Waals surface area contributed by atoms with Gasteiger partial charge in [-0.2, -0.15) is 4.98 Å². The van der Waals surface area contributed by atoms with Crippen LogP contribution in [-0.4, -0.2) is 35.8 Å². The highest BCUT2D eigenvalue weighted by Crippen LogP contribution is 2.13. The molecule has 1 aromatic carbocycles. The van der Waals surface area contributed by atoms with Crippen LogP contribution in [0.25, 0.3) is 0 Å². The summed E-state index contributed by atoms with van der Waals surface area (Å²) in [5, 5.41) is 6.59. The third-order valence-electron chi connectivity index (χ3n) is 3.73. The number of benzene rings is 1. The lowest BCUT2D eigenvalue weighted by Crippen LogP contribution is -2.19. The fourth-order valence-electron chi connectivity index (χ4n) is 2.53. The van der Waals surface area contributed by atoms with E-state index in [1.54, 1.807) is 6.20 Å². The van der Waals surface area contributed by atoms with E-state index in [-0.39, 0.29) is 0 Å². The Morgan fingerprint density at radius 1 is 1.14 bits per heavy atom. The van der Waals surface area contributed by atoms with Gasteiger partial charge in [-0.15, -0.1) is 0 Å². The van der Waals surface area contributed by atoms with Crippen LogP contribution in [0, 0.1) is 0 Å². The van der Waals surface area contributed by atoms with E-state index in [1.807, 2.05) is 12.1 Å². The van der Waals surface area contributed by atoms with Crippen LogP contribution < -0.4 is 10.6 Å². The van der Waals surface area contributed by atoms with Crippen molar-refractivity contribution in [3.05, 3.63) is 48.2 Å². The zero-order valence-corrected chi connectivity index (χ0v) is 12.7. The van der Waals surface area contributed by atoms with E-state index in [0.717, 1.165) is 44.8 Å². The Morgan fingerprint density at radius 2 is 2.05 bits per heavy atom. The van der Waals surface area contributed by atoms with E-state index < -0.39 is 0 Å². The second-order valence-electron chi connectivity index (χ2n) is 5.44. The van der Waals surface area contributed by atoms with Gasteiger partial charge in [0.05, 0.1) is 6.10 Å². The van der Waals surface area contributed by atoms with Crippen molar-refractivity contribution >= 4 is 11.8 Å². The molecule has 2 aromatic rings. The lowest BCUT2D eigenvalue weighted by atomic mass is 10.1. The second kappa shape index (κ2) is 7.75. The van der Waals surface area contributed by atoms with Gasteiger partial charge in [-0.25, -0.2) is 4.98 Å². The number of ether oxygens (including phenoxy) is 1. The standard InChI is InChI=1S/C17H22N4O/c1-2-5-14(6-3-1)8-10-18-17-19-11-9-16(21-17)20-13-15-7-4-12-22-15/h1-3,5-6,9,11,15H,4,7-8,10,12-13H2,(H2,18,19,20,21). The van der Waals surface area contributed by atoms with E-state index in [2.05, 4.69) is 44.9 Å². The summed E-state index contributed by atoms with van der Waals surface area (Å²) < 4.78 is 5.60. The van der Waals surface area contributed by atoms with Crippen molar-refractivity contribution in [2.45, 2.75) is 25.4 Å². The van der Waals surface area contributed by atoms with Crippen molar-refractivity contribution in [3.63, 3.8) is 0 Å². The van der Waals surface area contributed by atoms with Gasteiger partial charge in [-0.05, 0) is 30.9 Å². The third kappa shape index (κ3) is 4.43. The van der Waals surface area contributed by atoms with Crippen molar-refractivity contribution in [3.8, 4) is 0 Å². The first kappa shape index (κ1) is 14.8. The first-order valence-corrected chi connectivity index (χ1v) is 7.86. The predicted octanol–water partition coefficient (Wildman–Crippen LogP) is 2.72. The summed E-state index contributed by atoms with van der Waals surface area (Å²) in [6.07, 6.45) is 5.32. The van der Waals surface area contributed by atoms with Crippen molar-refractivity contribution in [1.29, 1.82) is 0 Å². The molecule has 1 atom stereocenters. The summed E-state index contributed by atoms with van der Waals surface area (Å²) in [5.41, 5.74) is 1.31. The average Bonchev–Trinajstić information content (AvgIpc) is 3.08. The zero-order valence-electron chi connectivity index (χ0n) is 12.7. The van der Waals surface area contributed by atoms with Crippen LogP contribution in [0.4, 0.5) is 11.8 Å². The number of nitrogens with one attached hydrogen (secondary N) is 2. The molecule has 2 heterocycles. The summed E-state index contributed by atoms with van der Waals surface area (Å²) in [6.45, 7) is 2.50. The molecule has 1 unspecified atom stereocenters. The van der Waals surface area contributed by atoms with Gasteiger partial charge >= 0.3 is 0 Å².